The van der Waals surface area contributed by atoms with Crippen molar-refractivity contribution in [2.24, 2.45) is 5.84 Å². The number of hydrogen-bond acceptors (Lipinski definition) is 5. The van der Waals surface area contributed by atoms with E-state index in [0.29, 0.717) is 11.5 Å². The van der Waals surface area contributed by atoms with Gasteiger partial charge in [0.15, 0.2) is 5.82 Å². The highest BCUT2D eigenvalue weighted by Crippen LogP contribution is 2.33. The number of rotatable bonds is 3. The monoisotopic (exact) mass is 294 g/mol. The van der Waals surface area contributed by atoms with E-state index in [1.807, 2.05) is 18.2 Å². The van der Waals surface area contributed by atoms with Crippen molar-refractivity contribution in [3.05, 3.63) is 35.1 Å². The van der Waals surface area contributed by atoms with Crippen LogP contribution < -0.4 is 16.0 Å². The highest BCUT2D eigenvalue weighted by atomic mass is 79.9. The van der Waals surface area contributed by atoms with Gasteiger partial charge in [0.2, 0.25) is 0 Å². The maximum Gasteiger partial charge on any atom is 0.166 e. The summed E-state index contributed by atoms with van der Waals surface area (Å²) in [4.78, 5) is 8.38. The molecule has 0 aliphatic rings. The van der Waals surface area contributed by atoms with Gasteiger partial charge in [0.25, 0.3) is 0 Å². The van der Waals surface area contributed by atoms with Crippen LogP contribution in [0.25, 0.3) is 11.3 Å². The van der Waals surface area contributed by atoms with E-state index < -0.39 is 0 Å². The number of halogens is 1. The smallest absolute Gasteiger partial charge is 0.166 e. The molecule has 1 aromatic carbocycles. The first-order valence-electron chi connectivity index (χ1n) is 4.88. The van der Waals surface area contributed by atoms with Crippen molar-refractivity contribution in [2.75, 3.05) is 12.5 Å². The normalized spacial score (nSPS) is 10.1. The molecule has 2 aromatic rings. The van der Waals surface area contributed by atoms with Crippen molar-refractivity contribution >= 4 is 21.7 Å². The number of ether oxygens (including phenoxy) is 1. The summed E-state index contributed by atoms with van der Waals surface area (Å²) in [6.07, 6.45) is 3.19. The summed E-state index contributed by atoms with van der Waals surface area (Å²) < 4.78 is 6.08. The molecule has 1 heterocycles. The second kappa shape index (κ2) is 5.11. The van der Waals surface area contributed by atoms with E-state index in [0.717, 1.165) is 15.8 Å². The van der Waals surface area contributed by atoms with Crippen LogP contribution in [0.3, 0.4) is 0 Å². The molecular formula is C11H11BrN4O. The zero-order chi connectivity index (χ0) is 12.3. The van der Waals surface area contributed by atoms with Gasteiger partial charge < -0.3 is 10.2 Å². The number of hydrogen-bond donors (Lipinski definition) is 2. The molecule has 0 aliphatic carbocycles. The first-order chi connectivity index (χ1) is 8.26. The van der Waals surface area contributed by atoms with Crippen molar-refractivity contribution < 1.29 is 4.74 Å². The largest absolute Gasteiger partial charge is 0.497 e. The highest BCUT2D eigenvalue weighted by molar-refractivity contribution is 9.10. The Labute approximate surface area is 107 Å². The van der Waals surface area contributed by atoms with Gasteiger partial charge in [-0.3, -0.25) is 4.98 Å². The fourth-order valence-corrected chi connectivity index (χ4v) is 1.89. The van der Waals surface area contributed by atoms with E-state index in [2.05, 4.69) is 31.3 Å². The van der Waals surface area contributed by atoms with Gasteiger partial charge in [-0.25, -0.2) is 10.8 Å². The fraction of sp³-hybridized carbons (Fsp3) is 0.0909. The Morgan fingerprint density at radius 3 is 2.76 bits per heavy atom. The van der Waals surface area contributed by atoms with Crippen LogP contribution in [0.4, 0.5) is 5.82 Å². The van der Waals surface area contributed by atoms with Crippen molar-refractivity contribution in [2.45, 2.75) is 0 Å². The van der Waals surface area contributed by atoms with Gasteiger partial charge in [0.05, 0.1) is 7.11 Å². The number of nitrogens with one attached hydrogen (secondary N) is 1. The van der Waals surface area contributed by atoms with Gasteiger partial charge in [0.1, 0.15) is 11.4 Å². The lowest BCUT2D eigenvalue weighted by Gasteiger charge is -2.09. The molecule has 0 spiro atoms. The molecule has 6 heteroatoms. The van der Waals surface area contributed by atoms with Crippen LogP contribution in [0, 0.1) is 0 Å². The van der Waals surface area contributed by atoms with E-state index in [1.54, 1.807) is 19.5 Å². The van der Waals surface area contributed by atoms with E-state index in [1.165, 1.54) is 0 Å². The van der Waals surface area contributed by atoms with Crippen LogP contribution >= 0.6 is 15.9 Å². The number of benzene rings is 1. The van der Waals surface area contributed by atoms with E-state index >= 15 is 0 Å². The molecule has 0 atom stereocenters. The van der Waals surface area contributed by atoms with Crippen LogP contribution in [0.15, 0.2) is 35.1 Å². The third-order valence-electron chi connectivity index (χ3n) is 2.26. The molecule has 17 heavy (non-hydrogen) atoms. The average Bonchev–Trinajstić information content (AvgIpc) is 2.39. The molecule has 3 N–H and O–H groups in total. The first-order valence-corrected chi connectivity index (χ1v) is 5.67. The van der Waals surface area contributed by atoms with Crippen LogP contribution in [0.1, 0.15) is 0 Å². The summed E-state index contributed by atoms with van der Waals surface area (Å²) >= 11 is 3.47. The lowest BCUT2D eigenvalue weighted by molar-refractivity contribution is 0.415. The van der Waals surface area contributed by atoms with Gasteiger partial charge >= 0.3 is 0 Å². The Hall–Kier alpha value is -1.66. The number of anilines is 1. The van der Waals surface area contributed by atoms with Crippen molar-refractivity contribution in [1.29, 1.82) is 0 Å². The van der Waals surface area contributed by atoms with Crippen molar-refractivity contribution in [1.82, 2.24) is 9.97 Å². The van der Waals surface area contributed by atoms with Crippen LogP contribution in [0.5, 0.6) is 5.75 Å². The number of nitrogens with two attached hydrogens (primary N) is 1. The number of methoxy groups -OCH3 is 1. The number of hydrazine groups is 1. The van der Waals surface area contributed by atoms with Crippen LogP contribution in [0.2, 0.25) is 0 Å². The standard InChI is InChI=1S/C11H11BrN4O/c1-17-7-2-3-9(12)8(6-7)10-11(16-13)15-5-4-14-10/h2-6H,13H2,1H3,(H,15,16). The Bertz CT molecular complexity index is 533. The molecular weight excluding hydrogens is 284 g/mol. The van der Waals surface area contributed by atoms with Gasteiger partial charge in [-0.15, -0.1) is 0 Å². The van der Waals surface area contributed by atoms with Gasteiger partial charge in [-0.2, -0.15) is 0 Å². The molecule has 0 radical (unpaired) electrons. The van der Waals surface area contributed by atoms with Gasteiger partial charge in [0, 0.05) is 22.4 Å². The highest BCUT2D eigenvalue weighted by Gasteiger charge is 2.11. The summed E-state index contributed by atoms with van der Waals surface area (Å²) in [6, 6.07) is 5.62. The Kier molecular flexibility index (Phi) is 3.55. The first kappa shape index (κ1) is 11.8. The molecule has 0 amide bonds. The molecule has 0 unspecified atom stereocenters. The molecule has 0 fully saturated rings. The summed E-state index contributed by atoms with van der Waals surface area (Å²) in [7, 11) is 1.62. The lowest BCUT2D eigenvalue weighted by Crippen LogP contribution is -2.10. The number of nitrogens with zero attached hydrogens (tertiary/aromatic N) is 2. The predicted octanol–water partition coefficient (Wildman–Crippen LogP) is 2.20. The maximum absolute atomic E-state index is 5.41. The molecule has 88 valence electrons. The minimum atomic E-state index is 0.515. The predicted molar refractivity (Wildman–Crippen MR) is 69.5 cm³/mol. The fourth-order valence-electron chi connectivity index (χ4n) is 1.45. The Morgan fingerprint density at radius 1 is 1.29 bits per heavy atom. The SMILES string of the molecule is COc1ccc(Br)c(-c2nccnc2NN)c1. The number of aromatic nitrogens is 2. The van der Waals surface area contributed by atoms with Crippen molar-refractivity contribution in [3.8, 4) is 17.0 Å². The molecule has 1 aromatic heterocycles. The summed E-state index contributed by atoms with van der Waals surface area (Å²) in [5.41, 5.74) is 4.06. The summed E-state index contributed by atoms with van der Waals surface area (Å²) in [5, 5.41) is 0. The molecule has 2 rings (SSSR count). The molecule has 0 aliphatic heterocycles. The topological polar surface area (TPSA) is 73.1 Å². The van der Waals surface area contributed by atoms with E-state index in [4.69, 9.17) is 10.6 Å². The summed E-state index contributed by atoms with van der Waals surface area (Å²) in [5.74, 6) is 6.67. The van der Waals surface area contributed by atoms with Crippen LogP contribution in [-0.2, 0) is 0 Å². The molecule has 0 saturated carbocycles. The van der Waals surface area contributed by atoms with Gasteiger partial charge in [-0.05, 0) is 18.2 Å². The minimum Gasteiger partial charge on any atom is -0.497 e. The number of nitrogen functional groups attached to an aromatic ring is 1. The quantitative estimate of drug-likeness (QED) is 0.671. The second-order valence-corrected chi connectivity index (χ2v) is 4.10. The van der Waals surface area contributed by atoms with E-state index in [-0.39, 0.29) is 0 Å². The van der Waals surface area contributed by atoms with Gasteiger partial charge in [-0.1, -0.05) is 15.9 Å². The zero-order valence-corrected chi connectivity index (χ0v) is 10.7. The zero-order valence-electron chi connectivity index (χ0n) is 9.14. The Balaban J connectivity index is 2.59. The summed E-state index contributed by atoms with van der Waals surface area (Å²) in [6.45, 7) is 0. The lowest BCUT2D eigenvalue weighted by atomic mass is 10.1. The minimum absolute atomic E-state index is 0.515. The molecule has 0 saturated heterocycles. The van der Waals surface area contributed by atoms with E-state index in [9.17, 15) is 0 Å². The third-order valence-corrected chi connectivity index (χ3v) is 2.96. The third kappa shape index (κ3) is 2.37. The van der Waals surface area contributed by atoms with Crippen molar-refractivity contribution in [3.63, 3.8) is 0 Å². The Morgan fingerprint density at radius 2 is 2.06 bits per heavy atom. The maximum atomic E-state index is 5.41. The van der Waals surface area contributed by atoms with Crippen LogP contribution in [-0.4, -0.2) is 17.1 Å². The average molecular weight is 295 g/mol. The molecule has 5 nitrogen and oxygen atoms in total. The molecule has 0 bridgehead atoms. The second-order valence-electron chi connectivity index (χ2n) is 3.24.